The first-order valence-corrected chi connectivity index (χ1v) is 5.61. The third kappa shape index (κ3) is 1.73. The molecule has 1 N–H and O–H groups in total. The van der Waals surface area contributed by atoms with Crippen LogP contribution in [-0.4, -0.2) is 35.1 Å². The van der Waals surface area contributed by atoms with Gasteiger partial charge in [0.15, 0.2) is 0 Å². The van der Waals surface area contributed by atoms with Crippen LogP contribution < -0.4 is 0 Å². The van der Waals surface area contributed by atoms with Crippen LogP contribution in [0.1, 0.15) is 34.5 Å². The van der Waals surface area contributed by atoms with Crippen molar-refractivity contribution in [1.29, 1.82) is 0 Å². The van der Waals surface area contributed by atoms with Crippen molar-refractivity contribution in [2.75, 3.05) is 13.2 Å². The number of rotatable bonds is 2. The van der Waals surface area contributed by atoms with Crippen LogP contribution in [-0.2, 0) is 0 Å². The lowest BCUT2D eigenvalue weighted by Crippen LogP contribution is -2.38. The molecular formula is C12H17NO3. The fourth-order valence-electron chi connectivity index (χ4n) is 2.33. The maximum Gasteiger partial charge on any atom is 0.257 e. The van der Waals surface area contributed by atoms with Crippen LogP contribution in [0.3, 0.4) is 0 Å². The highest BCUT2D eigenvalue weighted by Crippen LogP contribution is 2.23. The molecule has 0 radical (unpaired) electrons. The number of furan rings is 1. The Morgan fingerprint density at radius 2 is 2.38 bits per heavy atom. The zero-order chi connectivity index (χ0) is 11.7. The summed E-state index contributed by atoms with van der Waals surface area (Å²) in [6.07, 6.45) is 3.46. The minimum Gasteiger partial charge on any atom is -0.469 e. The molecule has 1 amide bonds. The van der Waals surface area contributed by atoms with Gasteiger partial charge >= 0.3 is 0 Å². The number of aliphatic hydroxyl groups is 1. The van der Waals surface area contributed by atoms with E-state index in [1.807, 2.05) is 6.92 Å². The van der Waals surface area contributed by atoms with Gasteiger partial charge in [-0.05, 0) is 26.7 Å². The molecule has 4 nitrogen and oxygen atoms in total. The van der Waals surface area contributed by atoms with Gasteiger partial charge in [-0.2, -0.15) is 0 Å². The third-order valence-electron chi connectivity index (χ3n) is 3.22. The number of carbonyl (C=O) groups excluding carboxylic acids is 1. The maximum atomic E-state index is 12.3. The van der Waals surface area contributed by atoms with Crippen molar-refractivity contribution in [3.8, 4) is 0 Å². The van der Waals surface area contributed by atoms with E-state index < -0.39 is 0 Å². The molecule has 0 saturated carbocycles. The molecule has 1 atom stereocenters. The molecule has 1 aromatic heterocycles. The summed E-state index contributed by atoms with van der Waals surface area (Å²) < 4.78 is 5.23. The highest BCUT2D eigenvalue weighted by atomic mass is 16.3. The van der Waals surface area contributed by atoms with Crippen LogP contribution >= 0.6 is 0 Å². The normalized spacial score (nSPS) is 20.4. The fraction of sp³-hybridized carbons (Fsp3) is 0.583. The standard InChI is InChI=1S/C12H17NO3/c1-8-7-16-9(2)11(8)12(15)13-5-3-4-10(13)6-14/h7,10,14H,3-6H2,1-2H3. The van der Waals surface area contributed by atoms with Gasteiger partial charge in [-0.25, -0.2) is 0 Å². The smallest absolute Gasteiger partial charge is 0.257 e. The second-order valence-corrected chi connectivity index (χ2v) is 4.33. The molecule has 1 aliphatic rings. The Bertz CT molecular complexity index is 377. The number of carbonyl (C=O) groups is 1. The summed E-state index contributed by atoms with van der Waals surface area (Å²) in [7, 11) is 0. The van der Waals surface area contributed by atoms with E-state index in [4.69, 9.17) is 4.42 Å². The molecule has 1 aromatic rings. The number of aryl methyl sites for hydroxylation is 2. The first-order chi connectivity index (χ1) is 7.65. The molecule has 1 unspecified atom stereocenters. The van der Waals surface area contributed by atoms with Gasteiger partial charge in [0, 0.05) is 12.1 Å². The molecule has 0 aliphatic carbocycles. The number of amides is 1. The van der Waals surface area contributed by atoms with Gasteiger partial charge in [-0.3, -0.25) is 4.79 Å². The number of likely N-dealkylation sites (tertiary alicyclic amines) is 1. The fourth-order valence-corrected chi connectivity index (χ4v) is 2.33. The Labute approximate surface area is 94.9 Å². The van der Waals surface area contributed by atoms with Crippen molar-refractivity contribution in [1.82, 2.24) is 4.90 Å². The molecule has 4 heteroatoms. The Morgan fingerprint density at radius 3 is 2.94 bits per heavy atom. The highest BCUT2D eigenvalue weighted by molar-refractivity contribution is 5.96. The van der Waals surface area contributed by atoms with Gasteiger partial charge in [0.2, 0.25) is 0 Å². The molecule has 1 aliphatic heterocycles. The van der Waals surface area contributed by atoms with Gasteiger partial charge in [-0.15, -0.1) is 0 Å². The van der Waals surface area contributed by atoms with Crippen LogP contribution in [0.5, 0.6) is 0 Å². The SMILES string of the molecule is Cc1coc(C)c1C(=O)N1CCCC1CO. The minimum absolute atomic E-state index is 0.0136. The molecule has 2 rings (SSSR count). The van der Waals surface area contributed by atoms with Crippen molar-refractivity contribution in [3.05, 3.63) is 23.2 Å². The van der Waals surface area contributed by atoms with Crippen molar-refractivity contribution in [2.24, 2.45) is 0 Å². The lowest BCUT2D eigenvalue weighted by atomic mass is 10.1. The van der Waals surface area contributed by atoms with Crippen molar-refractivity contribution in [2.45, 2.75) is 32.7 Å². The summed E-state index contributed by atoms with van der Waals surface area (Å²) in [5.74, 6) is 0.645. The number of nitrogens with zero attached hydrogens (tertiary/aromatic N) is 1. The van der Waals surface area contributed by atoms with Crippen LogP contribution in [0.2, 0.25) is 0 Å². The topological polar surface area (TPSA) is 53.7 Å². The largest absolute Gasteiger partial charge is 0.469 e. The molecule has 0 aromatic carbocycles. The predicted octanol–water partition coefficient (Wildman–Crippen LogP) is 1.49. The number of hydrogen-bond donors (Lipinski definition) is 1. The van der Waals surface area contributed by atoms with Crippen molar-refractivity contribution >= 4 is 5.91 Å². The van der Waals surface area contributed by atoms with Gasteiger partial charge in [0.25, 0.3) is 5.91 Å². The molecule has 0 spiro atoms. The summed E-state index contributed by atoms with van der Waals surface area (Å²) in [4.78, 5) is 14.0. The van der Waals surface area contributed by atoms with E-state index in [1.165, 1.54) is 0 Å². The molecular weight excluding hydrogens is 206 g/mol. The lowest BCUT2D eigenvalue weighted by molar-refractivity contribution is 0.0675. The van der Waals surface area contributed by atoms with Crippen LogP contribution in [0.15, 0.2) is 10.7 Å². The molecule has 1 saturated heterocycles. The summed E-state index contributed by atoms with van der Waals surface area (Å²) in [5.41, 5.74) is 1.52. The Kier molecular flexibility index (Phi) is 3.01. The van der Waals surface area contributed by atoms with Crippen LogP contribution in [0.4, 0.5) is 0 Å². The average Bonchev–Trinajstić information content (AvgIpc) is 2.85. The summed E-state index contributed by atoms with van der Waals surface area (Å²) in [6.45, 7) is 4.44. The van der Waals surface area contributed by atoms with Crippen molar-refractivity contribution in [3.63, 3.8) is 0 Å². The quantitative estimate of drug-likeness (QED) is 0.826. The number of hydrogen-bond acceptors (Lipinski definition) is 3. The Hall–Kier alpha value is -1.29. The van der Waals surface area contributed by atoms with E-state index in [2.05, 4.69) is 0 Å². The Balaban J connectivity index is 2.25. The average molecular weight is 223 g/mol. The molecule has 2 heterocycles. The van der Waals surface area contributed by atoms with E-state index in [1.54, 1.807) is 18.1 Å². The Morgan fingerprint density at radius 1 is 1.62 bits per heavy atom. The van der Waals surface area contributed by atoms with E-state index in [0.29, 0.717) is 11.3 Å². The number of aliphatic hydroxyl groups excluding tert-OH is 1. The van der Waals surface area contributed by atoms with Crippen LogP contribution in [0, 0.1) is 13.8 Å². The molecule has 1 fully saturated rings. The maximum absolute atomic E-state index is 12.3. The zero-order valence-corrected chi connectivity index (χ0v) is 9.69. The van der Waals surface area contributed by atoms with Crippen molar-refractivity contribution < 1.29 is 14.3 Å². The summed E-state index contributed by atoms with van der Waals surface area (Å²) in [6, 6.07) is -0.0267. The molecule has 16 heavy (non-hydrogen) atoms. The van der Waals surface area contributed by atoms with E-state index >= 15 is 0 Å². The van der Waals surface area contributed by atoms with E-state index in [9.17, 15) is 9.90 Å². The summed E-state index contributed by atoms with van der Waals surface area (Å²) in [5, 5.41) is 9.20. The zero-order valence-electron chi connectivity index (χ0n) is 9.69. The van der Waals surface area contributed by atoms with Gasteiger partial charge in [-0.1, -0.05) is 0 Å². The van der Waals surface area contributed by atoms with Gasteiger partial charge in [0.05, 0.1) is 24.5 Å². The second kappa shape index (κ2) is 4.29. The first-order valence-electron chi connectivity index (χ1n) is 5.61. The summed E-state index contributed by atoms with van der Waals surface area (Å²) >= 11 is 0. The predicted molar refractivity (Wildman–Crippen MR) is 59.3 cm³/mol. The van der Waals surface area contributed by atoms with E-state index in [0.717, 1.165) is 24.9 Å². The van der Waals surface area contributed by atoms with Crippen LogP contribution in [0.25, 0.3) is 0 Å². The molecule has 0 bridgehead atoms. The molecule has 88 valence electrons. The second-order valence-electron chi connectivity index (χ2n) is 4.33. The van der Waals surface area contributed by atoms with E-state index in [-0.39, 0.29) is 18.6 Å². The highest BCUT2D eigenvalue weighted by Gasteiger charge is 2.31. The minimum atomic E-state index is -0.0267. The third-order valence-corrected chi connectivity index (χ3v) is 3.22. The van der Waals surface area contributed by atoms with Gasteiger partial charge < -0.3 is 14.4 Å². The van der Waals surface area contributed by atoms with Gasteiger partial charge in [0.1, 0.15) is 5.76 Å². The first kappa shape index (κ1) is 11.2. The lowest BCUT2D eigenvalue weighted by Gasteiger charge is -2.23. The monoisotopic (exact) mass is 223 g/mol.